The summed E-state index contributed by atoms with van der Waals surface area (Å²) in [6.07, 6.45) is 2.26. The molecule has 2 heterocycles. The van der Waals surface area contributed by atoms with Crippen LogP contribution in [0.3, 0.4) is 0 Å². The van der Waals surface area contributed by atoms with Gasteiger partial charge in [0.15, 0.2) is 0 Å². The van der Waals surface area contributed by atoms with Crippen LogP contribution in [0.2, 0.25) is 0 Å². The standard InChI is InChI=1S/C17H21NO4/c1-18-12-8-9-13(18)15(17(20)21-2)14(10-12)22-16(19)11-6-4-3-5-7-11/h3-7,12-15H,8-10H2,1-2H3/t12-,13-,14-,15+/m0/s1. The van der Waals surface area contributed by atoms with Crippen molar-refractivity contribution < 1.29 is 19.1 Å². The van der Waals surface area contributed by atoms with Crippen LogP contribution in [-0.2, 0) is 14.3 Å². The molecular formula is C17H21NO4. The number of ether oxygens (including phenoxy) is 2. The SMILES string of the molecule is COC(=O)[C@H]1[C@@H](OC(=O)c2ccccc2)C[C@@H]2CC[C@@H]1N2C. The van der Waals surface area contributed by atoms with Crippen molar-refractivity contribution >= 4 is 11.9 Å². The van der Waals surface area contributed by atoms with E-state index in [9.17, 15) is 9.59 Å². The van der Waals surface area contributed by atoms with Crippen LogP contribution in [0.4, 0.5) is 0 Å². The molecule has 5 heteroatoms. The zero-order chi connectivity index (χ0) is 15.7. The van der Waals surface area contributed by atoms with Gasteiger partial charge in [-0.25, -0.2) is 4.79 Å². The Hall–Kier alpha value is -1.88. The minimum atomic E-state index is -0.408. The number of esters is 2. The molecule has 0 spiro atoms. The first kappa shape index (κ1) is 15.0. The topological polar surface area (TPSA) is 55.8 Å². The highest BCUT2D eigenvalue weighted by Gasteiger charge is 2.50. The molecule has 5 nitrogen and oxygen atoms in total. The summed E-state index contributed by atoms with van der Waals surface area (Å²) >= 11 is 0. The molecular weight excluding hydrogens is 282 g/mol. The number of carbonyl (C=O) groups is 2. The van der Waals surface area contributed by atoms with Crippen molar-refractivity contribution in [1.82, 2.24) is 4.90 Å². The predicted molar refractivity (Wildman–Crippen MR) is 80.3 cm³/mol. The quantitative estimate of drug-likeness (QED) is 0.798. The monoisotopic (exact) mass is 303 g/mol. The first-order valence-electron chi connectivity index (χ1n) is 7.67. The third-order valence-electron chi connectivity index (χ3n) is 4.96. The maximum Gasteiger partial charge on any atom is 0.338 e. The van der Waals surface area contributed by atoms with Gasteiger partial charge in [0.2, 0.25) is 0 Å². The smallest absolute Gasteiger partial charge is 0.338 e. The summed E-state index contributed by atoms with van der Waals surface area (Å²) in [7, 11) is 3.42. The Kier molecular flexibility index (Phi) is 4.16. The lowest BCUT2D eigenvalue weighted by molar-refractivity contribution is -0.156. The molecule has 2 bridgehead atoms. The lowest BCUT2D eigenvalue weighted by Crippen LogP contribution is -2.53. The molecule has 2 aliphatic rings. The summed E-state index contributed by atoms with van der Waals surface area (Å²) in [6, 6.07) is 9.36. The van der Waals surface area contributed by atoms with Crippen molar-refractivity contribution in [2.24, 2.45) is 5.92 Å². The zero-order valence-electron chi connectivity index (χ0n) is 12.9. The predicted octanol–water partition coefficient (Wildman–Crippen LogP) is 1.87. The summed E-state index contributed by atoms with van der Waals surface area (Å²) in [5.74, 6) is -1.06. The lowest BCUT2D eigenvalue weighted by atomic mass is 9.87. The van der Waals surface area contributed by atoms with Crippen molar-refractivity contribution in [1.29, 1.82) is 0 Å². The average molecular weight is 303 g/mol. The molecule has 2 saturated heterocycles. The molecule has 0 saturated carbocycles. The first-order valence-corrected chi connectivity index (χ1v) is 7.67. The second kappa shape index (κ2) is 6.08. The van der Waals surface area contributed by atoms with E-state index in [1.807, 2.05) is 13.1 Å². The molecule has 3 rings (SSSR count). The van der Waals surface area contributed by atoms with E-state index in [1.165, 1.54) is 7.11 Å². The molecule has 4 atom stereocenters. The van der Waals surface area contributed by atoms with Gasteiger partial charge >= 0.3 is 11.9 Å². The molecule has 0 unspecified atom stereocenters. The van der Waals surface area contributed by atoms with Crippen LogP contribution >= 0.6 is 0 Å². The Balaban J connectivity index is 1.79. The highest BCUT2D eigenvalue weighted by molar-refractivity contribution is 5.89. The molecule has 22 heavy (non-hydrogen) atoms. The fourth-order valence-electron chi connectivity index (χ4n) is 3.77. The highest BCUT2D eigenvalue weighted by Crippen LogP contribution is 2.40. The van der Waals surface area contributed by atoms with E-state index in [0.717, 1.165) is 12.8 Å². The number of hydrogen-bond acceptors (Lipinski definition) is 5. The average Bonchev–Trinajstić information content (AvgIpc) is 2.78. The Morgan fingerprint density at radius 2 is 1.91 bits per heavy atom. The van der Waals surface area contributed by atoms with Gasteiger partial charge < -0.3 is 9.47 Å². The van der Waals surface area contributed by atoms with E-state index >= 15 is 0 Å². The molecule has 0 aromatic heterocycles. The van der Waals surface area contributed by atoms with E-state index in [1.54, 1.807) is 24.3 Å². The fraction of sp³-hybridized carbons (Fsp3) is 0.529. The minimum Gasteiger partial charge on any atom is -0.469 e. The van der Waals surface area contributed by atoms with Crippen LogP contribution in [0.1, 0.15) is 29.6 Å². The van der Waals surface area contributed by atoms with Gasteiger partial charge in [0.1, 0.15) is 12.0 Å². The number of carbonyl (C=O) groups excluding carboxylic acids is 2. The summed E-state index contributed by atoms with van der Waals surface area (Å²) in [6.45, 7) is 0. The van der Waals surface area contributed by atoms with Crippen LogP contribution in [0.5, 0.6) is 0 Å². The van der Waals surface area contributed by atoms with E-state index in [0.29, 0.717) is 18.0 Å². The third kappa shape index (κ3) is 2.61. The second-order valence-corrected chi connectivity index (χ2v) is 6.06. The van der Waals surface area contributed by atoms with Crippen molar-refractivity contribution in [3.05, 3.63) is 35.9 Å². The maximum absolute atomic E-state index is 12.3. The van der Waals surface area contributed by atoms with E-state index in [4.69, 9.17) is 9.47 Å². The number of piperidine rings is 1. The van der Waals surface area contributed by atoms with Crippen LogP contribution in [0.15, 0.2) is 30.3 Å². The number of fused-ring (bicyclic) bond motifs is 2. The van der Waals surface area contributed by atoms with Crippen molar-refractivity contribution in [3.63, 3.8) is 0 Å². The molecule has 2 aliphatic heterocycles. The first-order chi connectivity index (χ1) is 10.6. The van der Waals surface area contributed by atoms with Gasteiger partial charge in [0, 0.05) is 18.5 Å². The van der Waals surface area contributed by atoms with Gasteiger partial charge in [-0.1, -0.05) is 18.2 Å². The number of rotatable bonds is 3. The fourth-order valence-corrected chi connectivity index (χ4v) is 3.77. The summed E-state index contributed by atoms with van der Waals surface area (Å²) in [5, 5.41) is 0. The Bertz CT molecular complexity index is 559. The Labute approximate surface area is 130 Å². The van der Waals surface area contributed by atoms with Crippen LogP contribution in [0.25, 0.3) is 0 Å². The molecule has 1 aromatic rings. The van der Waals surface area contributed by atoms with Gasteiger partial charge in [-0.2, -0.15) is 0 Å². The Morgan fingerprint density at radius 3 is 2.59 bits per heavy atom. The van der Waals surface area contributed by atoms with Crippen LogP contribution in [-0.4, -0.2) is 49.2 Å². The van der Waals surface area contributed by atoms with Gasteiger partial charge in [0.05, 0.1) is 12.7 Å². The highest BCUT2D eigenvalue weighted by atomic mass is 16.6. The van der Waals surface area contributed by atoms with E-state index in [2.05, 4.69) is 4.90 Å². The Morgan fingerprint density at radius 1 is 1.18 bits per heavy atom. The maximum atomic E-state index is 12.3. The lowest BCUT2D eigenvalue weighted by Gasteiger charge is -2.40. The van der Waals surface area contributed by atoms with E-state index in [-0.39, 0.29) is 18.0 Å². The zero-order valence-corrected chi connectivity index (χ0v) is 12.9. The van der Waals surface area contributed by atoms with Crippen LogP contribution < -0.4 is 0 Å². The summed E-state index contributed by atoms with van der Waals surface area (Å²) in [5.41, 5.74) is 0.511. The largest absolute Gasteiger partial charge is 0.469 e. The molecule has 118 valence electrons. The normalized spacial score (nSPS) is 30.8. The minimum absolute atomic E-state index is 0.0970. The third-order valence-corrected chi connectivity index (χ3v) is 4.96. The molecule has 0 aliphatic carbocycles. The van der Waals surface area contributed by atoms with E-state index < -0.39 is 12.0 Å². The molecule has 0 N–H and O–H groups in total. The molecule has 0 radical (unpaired) electrons. The van der Waals surface area contributed by atoms with Crippen molar-refractivity contribution in [2.45, 2.75) is 37.5 Å². The van der Waals surface area contributed by atoms with Gasteiger partial charge in [-0.3, -0.25) is 9.69 Å². The van der Waals surface area contributed by atoms with Crippen molar-refractivity contribution in [3.8, 4) is 0 Å². The number of benzene rings is 1. The molecule has 2 fully saturated rings. The number of hydrogen-bond donors (Lipinski definition) is 0. The summed E-state index contributed by atoms with van der Waals surface area (Å²) < 4.78 is 10.6. The molecule has 1 aromatic carbocycles. The molecule has 0 amide bonds. The van der Waals surface area contributed by atoms with Gasteiger partial charge in [-0.05, 0) is 32.0 Å². The summed E-state index contributed by atoms with van der Waals surface area (Å²) in [4.78, 5) is 26.7. The number of nitrogens with zero attached hydrogens (tertiary/aromatic N) is 1. The van der Waals surface area contributed by atoms with Crippen LogP contribution in [0, 0.1) is 5.92 Å². The van der Waals surface area contributed by atoms with Crippen molar-refractivity contribution in [2.75, 3.05) is 14.2 Å². The van der Waals surface area contributed by atoms with Gasteiger partial charge in [0.25, 0.3) is 0 Å². The van der Waals surface area contributed by atoms with Gasteiger partial charge in [-0.15, -0.1) is 0 Å². The second-order valence-electron chi connectivity index (χ2n) is 6.06. The number of methoxy groups -OCH3 is 1.